The van der Waals surface area contributed by atoms with Crippen LogP contribution in [-0.4, -0.2) is 28.8 Å². The molecule has 0 saturated carbocycles. The van der Waals surface area contributed by atoms with Gasteiger partial charge in [0.15, 0.2) is 0 Å². The number of halogens is 2. The lowest BCUT2D eigenvalue weighted by atomic mass is 10.0. The molecule has 1 N–H and O–H groups in total. The number of nitrogens with one attached hydrogen (secondary N) is 1. The van der Waals surface area contributed by atoms with Crippen LogP contribution < -0.4 is 5.32 Å². The monoisotopic (exact) mass is 421 g/mol. The van der Waals surface area contributed by atoms with Crippen LogP contribution in [0.3, 0.4) is 0 Å². The standard InChI is InChI=1S/C21H25ClFN3O3/c1-13(2)12-26-21(22)17(14(3)25-26)9-10-19(27)24-18(11-20(28)29-4)15-5-7-16(23)8-6-15/h5-10,13,18H,11-12H2,1-4H3,(H,24,27)/b10-9+. The van der Waals surface area contributed by atoms with Gasteiger partial charge in [-0.15, -0.1) is 0 Å². The Balaban J connectivity index is 2.16. The molecule has 29 heavy (non-hydrogen) atoms. The highest BCUT2D eigenvalue weighted by Gasteiger charge is 2.19. The van der Waals surface area contributed by atoms with Crippen LogP contribution in [0.15, 0.2) is 30.3 Å². The fourth-order valence-electron chi connectivity index (χ4n) is 2.80. The number of nitrogens with zero attached hydrogens (tertiary/aromatic N) is 2. The average Bonchev–Trinajstić information content (AvgIpc) is 2.92. The first-order valence-corrected chi connectivity index (χ1v) is 9.62. The number of esters is 1. The van der Waals surface area contributed by atoms with Crippen molar-refractivity contribution in [1.82, 2.24) is 15.1 Å². The summed E-state index contributed by atoms with van der Waals surface area (Å²) in [5.74, 6) is -0.935. The Hall–Kier alpha value is -2.67. The molecule has 0 saturated heterocycles. The average molecular weight is 422 g/mol. The predicted molar refractivity (Wildman–Crippen MR) is 110 cm³/mol. The van der Waals surface area contributed by atoms with E-state index in [-0.39, 0.29) is 6.42 Å². The molecule has 8 heteroatoms. The molecular weight excluding hydrogens is 397 g/mol. The zero-order valence-corrected chi connectivity index (χ0v) is 17.7. The van der Waals surface area contributed by atoms with E-state index in [0.717, 1.165) is 0 Å². The summed E-state index contributed by atoms with van der Waals surface area (Å²) in [5.41, 5.74) is 1.97. The number of amides is 1. The van der Waals surface area contributed by atoms with Crippen LogP contribution in [0.2, 0.25) is 5.15 Å². The highest BCUT2D eigenvalue weighted by Crippen LogP contribution is 2.23. The van der Waals surface area contributed by atoms with Crippen molar-refractivity contribution in [3.63, 3.8) is 0 Å². The Morgan fingerprint density at radius 2 is 1.97 bits per heavy atom. The third-order valence-corrected chi connectivity index (χ3v) is 4.63. The van der Waals surface area contributed by atoms with Crippen molar-refractivity contribution in [3.8, 4) is 0 Å². The number of hydrogen-bond acceptors (Lipinski definition) is 4. The number of methoxy groups -OCH3 is 1. The topological polar surface area (TPSA) is 73.2 Å². The second kappa shape index (κ2) is 10.2. The van der Waals surface area contributed by atoms with Gasteiger partial charge in [-0.05, 0) is 36.6 Å². The zero-order chi connectivity index (χ0) is 21.6. The predicted octanol–water partition coefficient (Wildman–Crippen LogP) is 4.07. The Kier molecular flexibility index (Phi) is 7.96. The summed E-state index contributed by atoms with van der Waals surface area (Å²) in [5, 5.41) is 7.61. The van der Waals surface area contributed by atoms with Gasteiger partial charge in [-0.3, -0.25) is 14.3 Å². The van der Waals surface area contributed by atoms with Crippen LogP contribution in [0.25, 0.3) is 6.08 Å². The lowest BCUT2D eigenvalue weighted by molar-refractivity contribution is -0.141. The fraction of sp³-hybridized carbons (Fsp3) is 0.381. The second-order valence-corrected chi connectivity index (χ2v) is 7.45. The Morgan fingerprint density at radius 3 is 2.55 bits per heavy atom. The number of hydrogen-bond donors (Lipinski definition) is 1. The molecule has 0 aliphatic heterocycles. The normalized spacial score (nSPS) is 12.4. The molecule has 2 aromatic rings. The van der Waals surface area contributed by atoms with Crippen molar-refractivity contribution in [2.75, 3.05) is 7.11 Å². The van der Waals surface area contributed by atoms with Crippen LogP contribution in [0.5, 0.6) is 0 Å². The van der Waals surface area contributed by atoms with E-state index in [4.69, 9.17) is 16.3 Å². The molecule has 0 bridgehead atoms. The van der Waals surface area contributed by atoms with Crippen molar-refractivity contribution in [2.24, 2.45) is 5.92 Å². The minimum absolute atomic E-state index is 0.0756. The van der Waals surface area contributed by atoms with Gasteiger partial charge in [-0.2, -0.15) is 5.10 Å². The maximum Gasteiger partial charge on any atom is 0.307 e. The Morgan fingerprint density at radius 1 is 1.31 bits per heavy atom. The van der Waals surface area contributed by atoms with Gasteiger partial charge in [0.2, 0.25) is 5.91 Å². The molecule has 0 aliphatic rings. The molecule has 1 aromatic heterocycles. The molecule has 1 amide bonds. The van der Waals surface area contributed by atoms with Crippen molar-refractivity contribution in [2.45, 2.75) is 39.8 Å². The summed E-state index contributed by atoms with van der Waals surface area (Å²) in [7, 11) is 1.27. The molecule has 6 nitrogen and oxygen atoms in total. The molecule has 1 atom stereocenters. The first-order valence-electron chi connectivity index (χ1n) is 9.25. The Bertz CT molecular complexity index is 891. The minimum Gasteiger partial charge on any atom is -0.469 e. The van der Waals surface area contributed by atoms with Gasteiger partial charge in [-0.25, -0.2) is 4.39 Å². The maximum atomic E-state index is 13.2. The zero-order valence-electron chi connectivity index (χ0n) is 16.9. The van der Waals surface area contributed by atoms with Gasteiger partial charge in [0.1, 0.15) is 11.0 Å². The first kappa shape index (κ1) is 22.6. The maximum absolute atomic E-state index is 13.2. The summed E-state index contributed by atoms with van der Waals surface area (Å²) in [6.45, 7) is 6.62. The summed E-state index contributed by atoms with van der Waals surface area (Å²) < 4.78 is 19.6. The molecule has 0 radical (unpaired) electrons. The minimum atomic E-state index is -0.652. The molecule has 2 rings (SSSR count). The molecule has 156 valence electrons. The lowest BCUT2D eigenvalue weighted by Crippen LogP contribution is -2.29. The molecule has 1 aromatic carbocycles. The third-order valence-electron chi connectivity index (χ3n) is 4.24. The van der Waals surface area contributed by atoms with E-state index in [9.17, 15) is 14.0 Å². The van der Waals surface area contributed by atoms with E-state index in [2.05, 4.69) is 24.3 Å². The van der Waals surface area contributed by atoms with Crippen LogP contribution in [0, 0.1) is 18.7 Å². The van der Waals surface area contributed by atoms with Crippen LogP contribution in [-0.2, 0) is 20.9 Å². The number of aryl methyl sites for hydroxylation is 1. The molecule has 1 heterocycles. The number of benzene rings is 1. The van der Waals surface area contributed by atoms with Crippen molar-refractivity contribution in [1.29, 1.82) is 0 Å². The van der Waals surface area contributed by atoms with Crippen molar-refractivity contribution < 1.29 is 18.7 Å². The summed E-state index contributed by atoms with van der Waals surface area (Å²) in [6, 6.07) is 4.93. The van der Waals surface area contributed by atoms with Gasteiger partial charge in [-0.1, -0.05) is 37.6 Å². The number of ether oxygens (including phenoxy) is 1. The van der Waals surface area contributed by atoms with E-state index in [0.29, 0.717) is 34.4 Å². The summed E-state index contributed by atoms with van der Waals surface area (Å²) in [6.07, 6.45) is 2.86. The van der Waals surface area contributed by atoms with E-state index in [1.807, 2.05) is 6.92 Å². The van der Waals surface area contributed by atoms with Gasteiger partial charge in [0, 0.05) is 18.2 Å². The van der Waals surface area contributed by atoms with Crippen LogP contribution in [0.1, 0.15) is 43.1 Å². The van der Waals surface area contributed by atoms with E-state index in [1.165, 1.54) is 37.5 Å². The smallest absolute Gasteiger partial charge is 0.307 e. The molecule has 0 aliphatic carbocycles. The first-order chi connectivity index (χ1) is 13.7. The largest absolute Gasteiger partial charge is 0.469 e. The molecule has 0 spiro atoms. The van der Waals surface area contributed by atoms with E-state index < -0.39 is 23.7 Å². The molecule has 1 unspecified atom stereocenters. The quantitative estimate of drug-likeness (QED) is 0.515. The number of rotatable bonds is 8. The highest BCUT2D eigenvalue weighted by molar-refractivity contribution is 6.31. The van der Waals surface area contributed by atoms with Gasteiger partial charge in [0.25, 0.3) is 0 Å². The third kappa shape index (κ3) is 6.42. The summed E-state index contributed by atoms with van der Waals surface area (Å²) in [4.78, 5) is 24.2. The van der Waals surface area contributed by atoms with Crippen molar-refractivity contribution in [3.05, 3.63) is 58.1 Å². The second-order valence-electron chi connectivity index (χ2n) is 7.09. The molecular formula is C21H25ClFN3O3. The fourth-order valence-corrected chi connectivity index (χ4v) is 3.11. The SMILES string of the molecule is COC(=O)CC(NC(=O)/C=C/c1c(C)nn(CC(C)C)c1Cl)c1ccc(F)cc1. The van der Waals surface area contributed by atoms with Gasteiger partial charge >= 0.3 is 5.97 Å². The number of carbonyl (C=O) groups is 2. The van der Waals surface area contributed by atoms with Gasteiger partial charge < -0.3 is 10.1 Å². The number of aromatic nitrogens is 2. The van der Waals surface area contributed by atoms with Gasteiger partial charge in [0.05, 0.1) is 25.3 Å². The number of carbonyl (C=O) groups excluding carboxylic acids is 2. The summed E-state index contributed by atoms with van der Waals surface area (Å²) >= 11 is 6.38. The molecule has 0 fully saturated rings. The van der Waals surface area contributed by atoms with Crippen LogP contribution in [0.4, 0.5) is 4.39 Å². The highest BCUT2D eigenvalue weighted by atomic mass is 35.5. The van der Waals surface area contributed by atoms with Crippen molar-refractivity contribution >= 4 is 29.6 Å². The lowest BCUT2D eigenvalue weighted by Gasteiger charge is -2.17. The van der Waals surface area contributed by atoms with Crippen LogP contribution >= 0.6 is 11.6 Å². The van der Waals surface area contributed by atoms with E-state index >= 15 is 0 Å². The van der Waals surface area contributed by atoms with E-state index in [1.54, 1.807) is 10.8 Å². The Labute approximate surface area is 174 Å².